The highest BCUT2D eigenvalue weighted by Crippen LogP contribution is 2.21. The minimum atomic E-state index is -0.263. The van der Waals surface area contributed by atoms with Crippen LogP contribution in [-0.4, -0.2) is 20.0 Å². The van der Waals surface area contributed by atoms with Crippen LogP contribution >= 0.6 is 0 Å². The van der Waals surface area contributed by atoms with E-state index < -0.39 is 0 Å². The van der Waals surface area contributed by atoms with Gasteiger partial charge < -0.3 is 5.11 Å². The summed E-state index contributed by atoms with van der Waals surface area (Å²) in [6, 6.07) is 0. The standard InChI is InChI=1S/C18H26N2O3/c1-6-7-8-14(3)20-17(22)16(19(5)18(20)23)12-10-13(2)9-11-15(4)21/h6-9,22H,10-12H2,1-5H3/b7-6?,13-9+,14-8?. The number of allylic oxidation sites excluding steroid dienone is 6. The van der Waals surface area contributed by atoms with E-state index in [0.29, 0.717) is 30.7 Å². The summed E-state index contributed by atoms with van der Waals surface area (Å²) in [6.07, 6.45) is 9.01. The minimum absolute atomic E-state index is 0.0184. The van der Waals surface area contributed by atoms with Gasteiger partial charge in [0, 0.05) is 19.2 Å². The van der Waals surface area contributed by atoms with Gasteiger partial charge in [-0.05, 0) is 46.6 Å². The summed E-state index contributed by atoms with van der Waals surface area (Å²) in [6.45, 7) is 7.17. The van der Waals surface area contributed by atoms with Crippen molar-refractivity contribution in [2.75, 3.05) is 0 Å². The van der Waals surface area contributed by atoms with Gasteiger partial charge in [0.05, 0.1) is 5.69 Å². The van der Waals surface area contributed by atoms with Gasteiger partial charge in [-0.1, -0.05) is 23.8 Å². The molecule has 1 rings (SSSR count). The van der Waals surface area contributed by atoms with Crippen molar-refractivity contribution in [2.45, 2.75) is 47.0 Å². The highest BCUT2D eigenvalue weighted by Gasteiger charge is 2.17. The molecule has 5 nitrogen and oxygen atoms in total. The third-order valence-electron chi connectivity index (χ3n) is 3.73. The maximum Gasteiger partial charge on any atom is 0.335 e. The second kappa shape index (κ2) is 8.36. The van der Waals surface area contributed by atoms with Crippen molar-refractivity contribution in [2.24, 2.45) is 7.05 Å². The molecule has 0 aromatic carbocycles. The van der Waals surface area contributed by atoms with Crippen LogP contribution in [0.4, 0.5) is 0 Å². The average molecular weight is 318 g/mol. The fraction of sp³-hybridized carbons (Fsp3) is 0.444. The number of carbonyl (C=O) groups excluding carboxylic acids is 1. The Morgan fingerprint density at radius 2 is 1.91 bits per heavy atom. The molecular weight excluding hydrogens is 292 g/mol. The van der Waals surface area contributed by atoms with Crippen molar-refractivity contribution < 1.29 is 9.90 Å². The van der Waals surface area contributed by atoms with E-state index in [1.54, 1.807) is 27.0 Å². The number of imidazole rings is 1. The second-order valence-electron chi connectivity index (χ2n) is 5.74. The Balaban J connectivity index is 3.04. The molecule has 1 aromatic rings. The van der Waals surface area contributed by atoms with Gasteiger partial charge in [-0.2, -0.15) is 0 Å². The lowest BCUT2D eigenvalue weighted by molar-refractivity contribution is -0.116. The van der Waals surface area contributed by atoms with E-state index >= 15 is 0 Å². The summed E-state index contributed by atoms with van der Waals surface area (Å²) in [7, 11) is 1.66. The molecule has 0 amide bonds. The molecule has 0 aliphatic rings. The number of hydrogen-bond donors (Lipinski definition) is 1. The molecule has 0 saturated carbocycles. The molecule has 5 heteroatoms. The summed E-state index contributed by atoms with van der Waals surface area (Å²) in [5, 5.41) is 10.4. The molecule has 0 aliphatic carbocycles. The van der Waals surface area contributed by atoms with Crippen molar-refractivity contribution in [3.8, 4) is 5.88 Å². The second-order valence-corrected chi connectivity index (χ2v) is 5.74. The monoisotopic (exact) mass is 318 g/mol. The highest BCUT2D eigenvalue weighted by molar-refractivity contribution is 5.77. The van der Waals surface area contributed by atoms with Crippen LogP contribution in [0.2, 0.25) is 0 Å². The molecule has 126 valence electrons. The number of nitrogens with zero attached hydrogens (tertiary/aromatic N) is 2. The van der Waals surface area contributed by atoms with Crippen molar-refractivity contribution in [3.63, 3.8) is 0 Å². The first-order chi connectivity index (χ1) is 10.8. The maximum absolute atomic E-state index is 12.3. The summed E-state index contributed by atoms with van der Waals surface area (Å²) in [4.78, 5) is 23.3. The Morgan fingerprint density at radius 1 is 1.26 bits per heavy atom. The van der Waals surface area contributed by atoms with Gasteiger partial charge in [0.25, 0.3) is 0 Å². The Morgan fingerprint density at radius 3 is 2.48 bits per heavy atom. The number of hydrogen-bond acceptors (Lipinski definition) is 3. The van der Waals surface area contributed by atoms with Crippen LogP contribution < -0.4 is 5.69 Å². The zero-order valence-corrected chi connectivity index (χ0v) is 14.6. The molecule has 0 spiro atoms. The van der Waals surface area contributed by atoms with Crippen LogP contribution in [0.25, 0.3) is 5.70 Å². The number of Topliss-reactive ketones (excluding diaryl/α,β-unsaturated/α-hetero) is 1. The van der Waals surface area contributed by atoms with Gasteiger partial charge in [-0.15, -0.1) is 0 Å². The molecule has 1 heterocycles. The lowest BCUT2D eigenvalue weighted by Gasteiger charge is -2.04. The van der Waals surface area contributed by atoms with Crippen LogP contribution in [0, 0.1) is 0 Å². The zero-order chi connectivity index (χ0) is 17.6. The molecule has 0 radical (unpaired) electrons. The van der Waals surface area contributed by atoms with Gasteiger partial charge in [0.15, 0.2) is 0 Å². The molecule has 1 N–H and O–H groups in total. The molecule has 0 bridgehead atoms. The molecule has 0 unspecified atom stereocenters. The first kappa shape index (κ1) is 18.7. The van der Waals surface area contributed by atoms with Crippen molar-refractivity contribution in [3.05, 3.63) is 46.1 Å². The minimum Gasteiger partial charge on any atom is -0.493 e. The van der Waals surface area contributed by atoms with Gasteiger partial charge in [0.1, 0.15) is 5.78 Å². The highest BCUT2D eigenvalue weighted by atomic mass is 16.3. The lowest BCUT2D eigenvalue weighted by Crippen LogP contribution is -2.21. The van der Waals surface area contributed by atoms with Gasteiger partial charge in [-0.25, -0.2) is 9.36 Å². The van der Waals surface area contributed by atoms with Crippen molar-refractivity contribution in [1.29, 1.82) is 0 Å². The van der Waals surface area contributed by atoms with E-state index in [0.717, 1.165) is 5.57 Å². The number of rotatable bonds is 7. The summed E-state index contributed by atoms with van der Waals surface area (Å²) < 4.78 is 2.78. The first-order valence-corrected chi connectivity index (χ1v) is 7.74. The predicted octanol–water partition coefficient (Wildman–Crippen LogP) is 3.19. The number of aromatic hydroxyl groups is 1. The fourth-order valence-electron chi connectivity index (χ4n) is 2.28. The summed E-state index contributed by atoms with van der Waals surface area (Å²) in [5.74, 6) is 0.102. The van der Waals surface area contributed by atoms with Crippen LogP contribution in [0.1, 0.15) is 46.2 Å². The molecule has 0 saturated heterocycles. The topological polar surface area (TPSA) is 64.2 Å². The quantitative estimate of drug-likeness (QED) is 0.620. The lowest BCUT2D eigenvalue weighted by atomic mass is 10.1. The largest absolute Gasteiger partial charge is 0.493 e. The third kappa shape index (κ3) is 4.84. The SMILES string of the molecule is CC=CC=C(C)n1c(O)c(CC/C(C)=C/CC(C)=O)n(C)c1=O. The Bertz CT molecular complexity index is 715. The number of ketones is 1. The smallest absolute Gasteiger partial charge is 0.335 e. The van der Waals surface area contributed by atoms with E-state index in [4.69, 9.17) is 0 Å². The van der Waals surface area contributed by atoms with E-state index in [-0.39, 0.29) is 17.4 Å². The van der Waals surface area contributed by atoms with Crippen LogP contribution in [0.15, 0.2) is 34.7 Å². The van der Waals surface area contributed by atoms with E-state index in [1.807, 2.05) is 32.1 Å². The maximum atomic E-state index is 12.3. The molecule has 23 heavy (non-hydrogen) atoms. The fourth-order valence-corrected chi connectivity index (χ4v) is 2.28. The van der Waals surface area contributed by atoms with Gasteiger partial charge >= 0.3 is 5.69 Å². The van der Waals surface area contributed by atoms with E-state index in [2.05, 4.69) is 0 Å². The molecule has 0 atom stereocenters. The molecular formula is C18H26N2O3. The number of aromatic nitrogens is 2. The van der Waals surface area contributed by atoms with Gasteiger partial charge in [-0.3, -0.25) is 9.36 Å². The number of carbonyl (C=O) groups is 1. The summed E-state index contributed by atoms with van der Waals surface area (Å²) in [5.41, 5.74) is 2.07. The van der Waals surface area contributed by atoms with Gasteiger partial charge in [0.2, 0.25) is 5.88 Å². The van der Waals surface area contributed by atoms with Crippen LogP contribution in [0.5, 0.6) is 5.88 Å². The van der Waals surface area contributed by atoms with E-state index in [1.165, 1.54) is 9.13 Å². The Hall–Kier alpha value is -2.30. The summed E-state index contributed by atoms with van der Waals surface area (Å²) >= 11 is 0. The molecule has 0 aliphatic heterocycles. The molecule has 1 aromatic heterocycles. The zero-order valence-electron chi connectivity index (χ0n) is 14.6. The molecule has 0 fully saturated rings. The third-order valence-corrected chi connectivity index (χ3v) is 3.73. The van der Waals surface area contributed by atoms with Crippen LogP contribution in [-0.2, 0) is 18.3 Å². The van der Waals surface area contributed by atoms with Crippen molar-refractivity contribution >= 4 is 11.5 Å². The Kier molecular flexibility index (Phi) is 6.82. The van der Waals surface area contributed by atoms with E-state index in [9.17, 15) is 14.7 Å². The normalized spacial score (nSPS) is 13.1. The Labute approximate surface area is 137 Å². The van der Waals surface area contributed by atoms with Crippen molar-refractivity contribution in [1.82, 2.24) is 9.13 Å². The van der Waals surface area contributed by atoms with Crippen LogP contribution in [0.3, 0.4) is 0 Å². The first-order valence-electron chi connectivity index (χ1n) is 7.74. The average Bonchev–Trinajstić information content (AvgIpc) is 2.71. The predicted molar refractivity (Wildman–Crippen MR) is 93.5 cm³/mol.